The third-order valence-corrected chi connectivity index (χ3v) is 5.90. The highest BCUT2D eigenvalue weighted by molar-refractivity contribution is 7.92. The van der Waals surface area contributed by atoms with E-state index in [1.165, 1.54) is 15.9 Å². The van der Waals surface area contributed by atoms with Crippen LogP contribution in [0.5, 0.6) is 0 Å². The maximum Gasteiger partial charge on any atom is 0.251 e. The van der Waals surface area contributed by atoms with Crippen LogP contribution in [0.25, 0.3) is 0 Å². The molecule has 0 unspecified atom stereocenters. The number of amides is 1. The summed E-state index contributed by atoms with van der Waals surface area (Å²) < 4.78 is 25.1. The molecular formula is C23H30N2O3S. The topological polar surface area (TPSA) is 66.5 Å². The quantitative estimate of drug-likeness (QED) is 0.682. The van der Waals surface area contributed by atoms with Gasteiger partial charge in [-0.3, -0.25) is 9.10 Å². The molecule has 1 atom stereocenters. The smallest absolute Gasteiger partial charge is 0.251 e. The number of sulfonamides is 1. The van der Waals surface area contributed by atoms with Crippen molar-refractivity contribution in [3.05, 3.63) is 77.9 Å². The van der Waals surface area contributed by atoms with Crippen molar-refractivity contribution in [3.8, 4) is 0 Å². The lowest BCUT2D eigenvalue weighted by atomic mass is 9.86. The normalized spacial score (nSPS) is 12.9. The van der Waals surface area contributed by atoms with Crippen molar-refractivity contribution < 1.29 is 13.2 Å². The second-order valence-electron chi connectivity index (χ2n) is 8.20. The summed E-state index contributed by atoms with van der Waals surface area (Å²) in [5, 5.41) is 2.99. The van der Waals surface area contributed by atoms with Crippen LogP contribution >= 0.6 is 0 Å². The van der Waals surface area contributed by atoms with Crippen LogP contribution in [-0.2, 0) is 15.4 Å². The molecule has 6 heteroatoms. The van der Waals surface area contributed by atoms with Crippen LogP contribution < -0.4 is 9.62 Å². The van der Waals surface area contributed by atoms with E-state index in [-0.39, 0.29) is 23.9 Å². The molecule has 0 aliphatic rings. The van der Waals surface area contributed by atoms with Crippen molar-refractivity contribution in [2.75, 3.05) is 17.1 Å². The molecular weight excluding hydrogens is 384 g/mol. The fraction of sp³-hybridized carbons (Fsp3) is 0.348. The predicted molar refractivity (Wildman–Crippen MR) is 120 cm³/mol. The Morgan fingerprint density at radius 1 is 1.10 bits per heavy atom. The number of carbonyl (C=O) groups is 1. The van der Waals surface area contributed by atoms with Crippen molar-refractivity contribution >= 4 is 21.6 Å². The van der Waals surface area contributed by atoms with Gasteiger partial charge in [0.15, 0.2) is 0 Å². The Kier molecular flexibility index (Phi) is 6.90. The van der Waals surface area contributed by atoms with Gasteiger partial charge in [-0.15, -0.1) is 6.58 Å². The SMILES string of the molecule is C=CCN(c1ccc(C(=O)N[C@H](C)c2ccc(C(C)(C)C)cc2)cc1)S(C)(=O)=O. The first-order valence-corrected chi connectivity index (χ1v) is 11.4. The minimum absolute atomic E-state index is 0.0816. The van der Waals surface area contributed by atoms with Gasteiger partial charge in [0.2, 0.25) is 10.0 Å². The summed E-state index contributed by atoms with van der Waals surface area (Å²) >= 11 is 0. The van der Waals surface area contributed by atoms with E-state index < -0.39 is 10.0 Å². The fourth-order valence-corrected chi connectivity index (χ4v) is 3.84. The Morgan fingerprint density at radius 3 is 2.10 bits per heavy atom. The van der Waals surface area contributed by atoms with Gasteiger partial charge in [0.25, 0.3) is 5.91 Å². The summed E-state index contributed by atoms with van der Waals surface area (Å²) in [5.41, 5.74) is 3.31. The van der Waals surface area contributed by atoms with Gasteiger partial charge in [-0.25, -0.2) is 8.42 Å². The van der Waals surface area contributed by atoms with Crippen LogP contribution in [0.2, 0.25) is 0 Å². The fourth-order valence-electron chi connectivity index (χ4n) is 2.96. The molecule has 0 bridgehead atoms. The predicted octanol–water partition coefficient (Wildman–Crippen LogP) is 4.43. The van der Waals surface area contributed by atoms with E-state index in [9.17, 15) is 13.2 Å². The molecule has 156 valence electrons. The summed E-state index contributed by atoms with van der Waals surface area (Å²) in [4.78, 5) is 12.6. The molecule has 2 aromatic carbocycles. The Morgan fingerprint density at radius 2 is 1.66 bits per heavy atom. The Balaban J connectivity index is 2.11. The molecule has 0 saturated heterocycles. The summed E-state index contributed by atoms with van der Waals surface area (Å²) in [6.07, 6.45) is 2.66. The van der Waals surface area contributed by atoms with Gasteiger partial charge in [0.05, 0.1) is 24.5 Å². The minimum atomic E-state index is -3.42. The van der Waals surface area contributed by atoms with Crippen molar-refractivity contribution in [1.82, 2.24) is 5.32 Å². The molecule has 0 spiro atoms. The van der Waals surface area contributed by atoms with Crippen molar-refractivity contribution in [2.45, 2.75) is 39.2 Å². The molecule has 0 heterocycles. The number of hydrogen-bond donors (Lipinski definition) is 1. The lowest BCUT2D eigenvalue weighted by Crippen LogP contribution is -2.30. The van der Waals surface area contributed by atoms with E-state index >= 15 is 0 Å². The van der Waals surface area contributed by atoms with E-state index in [1.54, 1.807) is 24.3 Å². The molecule has 2 aromatic rings. The highest BCUT2D eigenvalue weighted by Crippen LogP contribution is 2.24. The first-order valence-electron chi connectivity index (χ1n) is 9.53. The van der Waals surface area contributed by atoms with Crippen LogP contribution in [-0.4, -0.2) is 27.1 Å². The van der Waals surface area contributed by atoms with Crippen LogP contribution in [0.3, 0.4) is 0 Å². The highest BCUT2D eigenvalue weighted by Gasteiger charge is 2.18. The molecule has 0 aliphatic heterocycles. The van der Waals surface area contributed by atoms with E-state index in [4.69, 9.17) is 0 Å². The van der Waals surface area contributed by atoms with Crippen LogP contribution in [0, 0.1) is 0 Å². The molecule has 5 nitrogen and oxygen atoms in total. The Labute approximate surface area is 174 Å². The zero-order valence-corrected chi connectivity index (χ0v) is 18.6. The lowest BCUT2D eigenvalue weighted by molar-refractivity contribution is 0.0940. The van der Waals surface area contributed by atoms with E-state index in [2.05, 4.69) is 44.8 Å². The van der Waals surface area contributed by atoms with Crippen LogP contribution in [0.4, 0.5) is 5.69 Å². The van der Waals surface area contributed by atoms with Gasteiger partial charge in [-0.1, -0.05) is 51.1 Å². The average Bonchev–Trinajstić information content (AvgIpc) is 2.64. The summed E-state index contributed by atoms with van der Waals surface area (Å²) in [5.74, 6) is -0.210. The number of nitrogens with one attached hydrogen (secondary N) is 1. The largest absolute Gasteiger partial charge is 0.346 e. The van der Waals surface area contributed by atoms with E-state index in [1.807, 2.05) is 19.1 Å². The van der Waals surface area contributed by atoms with Crippen molar-refractivity contribution in [3.63, 3.8) is 0 Å². The molecule has 0 fully saturated rings. The van der Waals surface area contributed by atoms with Crippen LogP contribution in [0.1, 0.15) is 55.2 Å². The average molecular weight is 415 g/mol. The van der Waals surface area contributed by atoms with Gasteiger partial charge in [0.1, 0.15) is 0 Å². The number of benzene rings is 2. The van der Waals surface area contributed by atoms with Crippen LogP contribution in [0.15, 0.2) is 61.2 Å². The molecule has 0 saturated carbocycles. The second kappa shape index (κ2) is 8.82. The van der Waals surface area contributed by atoms with Gasteiger partial charge < -0.3 is 5.32 Å². The van der Waals surface area contributed by atoms with Gasteiger partial charge >= 0.3 is 0 Å². The standard InChI is InChI=1S/C23H30N2O3S/c1-7-16-25(29(6,27)28)21-14-10-19(11-15-21)22(26)24-17(2)18-8-12-20(13-9-18)23(3,4)5/h7-15,17H,1,16H2,2-6H3,(H,24,26)/t17-/m1/s1. The molecule has 0 radical (unpaired) electrons. The summed E-state index contributed by atoms with van der Waals surface area (Å²) in [6.45, 7) is 12.2. The first kappa shape index (κ1) is 22.7. The monoisotopic (exact) mass is 414 g/mol. The third kappa shape index (κ3) is 5.94. The van der Waals surface area contributed by atoms with E-state index in [0.29, 0.717) is 11.3 Å². The number of rotatable bonds is 7. The summed E-state index contributed by atoms with van der Waals surface area (Å²) in [7, 11) is -3.42. The molecule has 1 amide bonds. The Bertz CT molecular complexity index is 957. The maximum atomic E-state index is 12.6. The molecule has 29 heavy (non-hydrogen) atoms. The number of anilines is 1. The van der Waals surface area contributed by atoms with Gasteiger partial charge in [0, 0.05) is 5.56 Å². The van der Waals surface area contributed by atoms with Crippen molar-refractivity contribution in [2.24, 2.45) is 0 Å². The molecule has 2 rings (SSSR count). The van der Waals surface area contributed by atoms with Gasteiger partial charge in [-0.05, 0) is 47.7 Å². The minimum Gasteiger partial charge on any atom is -0.346 e. The second-order valence-corrected chi connectivity index (χ2v) is 10.1. The number of nitrogens with zero attached hydrogens (tertiary/aromatic N) is 1. The van der Waals surface area contributed by atoms with E-state index in [0.717, 1.165) is 11.8 Å². The number of hydrogen-bond acceptors (Lipinski definition) is 3. The van der Waals surface area contributed by atoms with Gasteiger partial charge in [-0.2, -0.15) is 0 Å². The molecule has 0 aromatic heterocycles. The lowest BCUT2D eigenvalue weighted by Gasteiger charge is -2.21. The zero-order chi connectivity index (χ0) is 21.8. The zero-order valence-electron chi connectivity index (χ0n) is 17.8. The maximum absolute atomic E-state index is 12.6. The third-order valence-electron chi connectivity index (χ3n) is 4.74. The molecule has 1 N–H and O–H groups in total. The van der Waals surface area contributed by atoms with Crippen molar-refractivity contribution in [1.29, 1.82) is 0 Å². The first-order chi connectivity index (χ1) is 13.4. The summed E-state index contributed by atoms with van der Waals surface area (Å²) in [6, 6.07) is 14.6. The number of carbonyl (C=O) groups excluding carboxylic acids is 1. The Hall–Kier alpha value is -2.60. The molecule has 0 aliphatic carbocycles. The highest BCUT2D eigenvalue weighted by atomic mass is 32.2.